The standard InChI is InChI=1S/C14H15NO3/c1-3-17-12-8-7-11(14(16)18-4-2)10-6-5-9-15-13(10)12/h5-9H,3-4H2,1-2H3. The summed E-state index contributed by atoms with van der Waals surface area (Å²) in [5, 5.41) is 0.752. The van der Waals surface area contributed by atoms with Crippen LogP contribution in [0.25, 0.3) is 10.9 Å². The molecule has 0 aliphatic heterocycles. The molecular formula is C14H15NO3. The Labute approximate surface area is 106 Å². The maximum atomic E-state index is 11.8. The Kier molecular flexibility index (Phi) is 3.77. The van der Waals surface area contributed by atoms with Gasteiger partial charge >= 0.3 is 5.97 Å². The highest BCUT2D eigenvalue weighted by molar-refractivity contribution is 6.05. The van der Waals surface area contributed by atoms with E-state index in [1.165, 1.54) is 0 Å². The van der Waals surface area contributed by atoms with Gasteiger partial charge in [-0.1, -0.05) is 6.07 Å². The van der Waals surface area contributed by atoms with Gasteiger partial charge in [0.2, 0.25) is 0 Å². The van der Waals surface area contributed by atoms with Gasteiger partial charge < -0.3 is 9.47 Å². The van der Waals surface area contributed by atoms with Gasteiger partial charge in [-0.05, 0) is 32.0 Å². The van der Waals surface area contributed by atoms with Gasteiger partial charge in [-0.25, -0.2) is 4.79 Å². The Bertz CT molecular complexity index is 566. The van der Waals surface area contributed by atoms with Gasteiger partial charge in [0.1, 0.15) is 11.3 Å². The summed E-state index contributed by atoms with van der Waals surface area (Å²) in [5.41, 5.74) is 1.20. The molecule has 0 radical (unpaired) electrons. The zero-order valence-electron chi connectivity index (χ0n) is 10.5. The van der Waals surface area contributed by atoms with Crippen molar-refractivity contribution in [2.45, 2.75) is 13.8 Å². The number of hydrogen-bond donors (Lipinski definition) is 0. The maximum absolute atomic E-state index is 11.8. The summed E-state index contributed by atoms with van der Waals surface area (Å²) >= 11 is 0. The van der Waals surface area contributed by atoms with Gasteiger partial charge in [-0.3, -0.25) is 4.98 Å². The number of carbonyl (C=O) groups is 1. The fraction of sp³-hybridized carbons (Fsp3) is 0.286. The molecule has 0 saturated carbocycles. The quantitative estimate of drug-likeness (QED) is 0.777. The third kappa shape index (κ3) is 2.27. The molecule has 1 aromatic carbocycles. The van der Waals surface area contributed by atoms with Crippen LogP contribution in [0.15, 0.2) is 30.5 Å². The van der Waals surface area contributed by atoms with Crippen LogP contribution in [0.2, 0.25) is 0 Å². The van der Waals surface area contributed by atoms with Crippen molar-refractivity contribution in [1.82, 2.24) is 4.98 Å². The molecule has 0 bridgehead atoms. The first-order valence-electron chi connectivity index (χ1n) is 5.95. The monoisotopic (exact) mass is 245 g/mol. The van der Waals surface area contributed by atoms with Gasteiger partial charge in [-0.2, -0.15) is 0 Å². The summed E-state index contributed by atoms with van der Waals surface area (Å²) < 4.78 is 10.5. The van der Waals surface area contributed by atoms with Crippen LogP contribution in [0.3, 0.4) is 0 Å². The van der Waals surface area contributed by atoms with Crippen molar-refractivity contribution in [2.75, 3.05) is 13.2 Å². The molecule has 0 spiro atoms. The fourth-order valence-electron chi connectivity index (χ4n) is 1.81. The lowest BCUT2D eigenvalue weighted by Gasteiger charge is -2.09. The van der Waals surface area contributed by atoms with Crippen molar-refractivity contribution in [2.24, 2.45) is 0 Å². The van der Waals surface area contributed by atoms with E-state index in [2.05, 4.69) is 4.98 Å². The van der Waals surface area contributed by atoms with Crippen LogP contribution >= 0.6 is 0 Å². The highest BCUT2D eigenvalue weighted by Gasteiger charge is 2.14. The number of rotatable bonds is 4. The molecule has 4 nitrogen and oxygen atoms in total. The summed E-state index contributed by atoms with van der Waals surface area (Å²) in [6.07, 6.45) is 1.68. The molecule has 1 heterocycles. The highest BCUT2D eigenvalue weighted by Crippen LogP contribution is 2.27. The Morgan fingerprint density at radius 2 is 2.06 bits per heavy atom. The van der Waals surface area contributed by atoms with E-state index in [1.54, 1.807) is 31.3 Å². The van der Waals surface area contributed by atoms with E-state index in [9.17, 15) is 4.79 Å². The first kappa shape index (κ1) is 12.4. The van der Waals surface area contributed by atoms with Crippen LogP contribution in [-0.2, 0) is 4.74 Å². The minimum absolute atomic E-state index is 0.335. The third-order valence-corrected chi connectivity index (χ3v) is 2.53. The number of ether oxygens (including phenoxy) is 2. The van der Waals surface area contributed by atoms with E-state index in [1.807, 2.05) is 13.0 Å². The normalized spacial score (nSPS) is 10.3. The van der Waals surface area contributed by atoms with E-state index >= 15 is 0 Å². The zero-order chi connectivity index (χ0) is 13.0. The molecule has 18 heavy (non-hydrogen) atoms. The number of esters is 1. The van der Waals surface area contributed by atoms with Crippen LogP contribution in [0.5, 0.6) is 5.75 Å². The van der Waals surface area contributed by atoms with Crippen molar-refractivity contribution < 1.29 is 14.3 Å². The first-order chi connectivity index (χ1) is 8.77. The van der Waals surface area contributed by atoms with E-state index in [0.29, 0.717) is 30.0 Å². The van der Waals surface area contributed by atoms with Crippen molar-refractivity contribution in [3.63, 3.8) is 0 Å². The second-order valence-corrected chi connectivity index (χ2v) is 3.66. The van der Waals surface area contributed by atoms with Crippen LogP contribution in [0, 0.1) is 0 Å². The summed E-state index contributed by atoms with van der Waals surface area (Å²) in [4.78, 5) is 16.1. The second-order valence-electron chi connectivity index (χ2n) is 3.66. The molecule has 94 valence electrons. The van der Waals surface area contributed by atoms with Gasteiger partial charge in [0.25, 0.3) is 0 Å². The Hall–Kier alpha value is -2.10. The van der Waals surface area contributed by atoms with Crippen LogP contribution in [0.4, 0.5) is 0 Å². The molecule has 0 saturated heterocycles. The number of carbonyl (C=O) groups excluding carboxylic acids is 1. The molecule has 0 N–H and O–H groups in total. The van der Waals surface area contributed by atoms with Crippen molar-refractivity contribution >= 4 is 16.9 Å². The van der Waals surface area contributed by atoms with Gasteiger partial charge in [0.05, 0.1) is 18.8 Å². The summed E-state index contributed by atoms with van der Waals surface area (Å²) in [7, 11) is 0. The van der Waals surface area contributed by atoms with Crippen LogP contribution < -0.4 is 4.74 Å². The minimum atomic E-state index is -0.335. The molecule has 0 fully saturated rings. The Balaban J connectivity index is 2.57. The average Bonchev–Trinajstić information content (AvgIpc) is 2.39. The number of pyridine rings is 1. The first-order valence-corrected chi connectivity index (χ1v) is 5.95. The highest BCUT2D eigenvalue weighted by atomic mass is 16.5. The molecule has 0 aliphatic carbocycles. The number of fused-ring (bicyclic) bond motifs is 1. The van der Waals surface area contributed by atoms with Crippen molar-refractivity contribution in [3.05, 3.63) is 36.0 Å². The van der Waals surface area contributed by atoms with Crippen molar-refractivity contribution in [1.29, 1.82) is 0 Å². The predicted octanol–water partition coefficient (Wildman–Crippen LogP) is 2.81. The van der Waals surface area contributed by atoms with E-state index < -0.39 is 0 Å². The Morgan fingerprint density at radius 1 is 1.22 bits per heavy atom. The molecule has 0 aliphatic rings. The largest absolute Gasteiger partial charge is 0.492 e. The molecule has 0 amide bonds. The fourth-order valence-corrected chi connectivity index (χ4v) is 1.81. The molecule has 1 aromatic heterocycles. The number of hydrogen-bond acceptors (Lipinski definition) is 4. The molecule has 2 rings (SSSR count). The molecular weight excluding hydrogens is 230 g/mol. The predicted molar refractivity (Wildman–Crippen MR) is 68.9 cm³/mol. The summed E-state index contributed by atoms with van der Waals surface area (Å²) in [6.45, 7) is 4.61. The third-order valence-electron chi connectivity index (χ3n) is 2.53. The lowest BCUT2D eigenvalue weighted by Crippen LogP contribution is -2.06. The smallest absolute Gasteiger partial charge is 0.338 e. The van der Waals surface area contributed by atoms with E-state index in [0.717, 1.165) is 5.39 Å². The van der Waals surface area contributed by atoms with E-state index in [4.69, 9.17) is 9.47 Å². The van der Waals surface area contributed by atoms with Crippen molar-refractivity contribution in [3.8, 4) is 5.75 Å². The Morgan fingerprint density at radius 3 is 2.78 bits per heavy atom. The average molecular weight is 245 g/mol. The van der Waals surface area contributed by atoms with Gasteiger partial charge in [-0.15, -0.1) is 0 Å². The molecule has 0 unspecified atom stereocenters. The summed E-state index contributed by atoms with van der Waals surface area (Å²) in [5.74, 6) is 0.347. The number of nitrogens with zero attached hydrogens (tertiary/aromatic N) is 1. The maximum Gasteiger partial charge on any atom is 0.338 e. The minimum Gasteiger partial charge on any atom is -0.492 e. The SMILES string of the molecule is CCOC(=O)c1ccc(OCC)c2ncccc12. The number of aromatic nitrogens is 1. The molecule has 4 heteroatoms. The van der Waals surface area contributed by atoms with Gasteiger partial charge in [0.15, 0.2) is 0 Å². The lowest BCUT2D eigenvalue weighted by atomic mass is 10.1. The topological polar surface area (TPSA) is 48.4 Å². The van der Waals surface area contributed by atoms with Crippen LogP contribution in [0.1, 0.15) is 24.2 Å². The second kappa shape index (κ2) is 5.49. The lowest BCUT2D eigenvalue weighted by molar-refractivity contribution is 0.0528. The van der Waals surface area contributed by atoms with E-state index in [-0.39, 0.29) is 5.97 Å². The molecule has 2 aromatic rings. The van der Waals surface area contributed by atoms with Crippen LogP contribution in [-0.4, -0.2) is 24.2 Å². The molecule has 0 atom stereocenters. The number of benzene rings is 1. The zero-order valence-corrected chi connectivity index (χ0v) is 10.5. The summed E-state index contributed by atoms with van der Waals surface area (Å²) in [6, 6.07) is 7.11. The van der Waals surface area contributed by atoms with Gasteiger partial charge in [0, 0.05) is 11.6 Å².